The average molecular weight is 364 g/mol. The largest absolute Gasteiger partial charge is 0.490 e. The van der Waals surface area contributed by atoms with Gasteiger partial charge in [-0.25, -0.2) is 0 Å². The fourth-order valence-electron chi connectivity index (χ4n) is 2.39. The van der Waals surface area contributed by atoms with Crippen LogP contribution < -0.4 is 20.1 Å². The van der Waals surface area contributed by atoms with Gasteiger partial charge in [0.15, 0.2) is 11.5 Å². The summed E-state index contributed by atoms with van der Waals surface area (Å²) in [6.45, 7) is 0.378. The number of rotatable bonds is 9. The maximum Gasteiger partial charge on any atom is 0.387 e. The number of nitrogens with one attached hydrogen (secondary N) is 2. The van der Waals surface area contributed by atoms with Crippen molar-refractivity contribution in [1.29, 1.82) is 0 Å². The van der Waals surface area contributed by atoms with E-state index in [-0.39, 0.29) is 11.7 Å². The third kappa shape index (κ3) is 5.70. The summed E-state index contributed by atoms with van der Waals surface area (Å²) >= 11 is 0. The van der Waals surface area contributed by atoms with Crippen LogP contribution in [0.2, 0.25) is 0 Å². The minimum absolute atomic E-state index is 0.0235. The third-order valence-electron chi connectivity index (χ3n) is 3.63. The highest BCUT2D eigenvalue weighted by Crippen LogP contribution is 2.29. The van der Waals surface area contributed by atoms with Crippen molar-refractivity contribution in [1.82, 2.24) is 10.6 Å². The van der Waals surface area contributed by atoms with E-state index >= 15 is 0 Å². The summed E-state index contributed by atoms with van der Waals surface area (Å²) in [7, 11) is 1.59. The van der Waals surface area contributed by atoms with Crippen LogP contribution in [0, 0.1) is 0 Å². The smallest absolute Gasteiger partial charge is 0.387 e. The van der Waals surface area contributed by atoms with Gasteiger partial charge in [0, 0.05) is 25.7 Å². The summed E-state index contributed by atoms with van der Waals surface area (Å²) in [6, 6.07) is 12.2. The van der Waals surface area contributed by atoms with Crippen LogP contribution in [0.5, 0.6) is 11.5 Å². The van der Waals surface area contributed by atoms with E-state index < -0.39 is 6.61 Å². The quantitative estimate of drug-likeness (QED) is 0.717. The monoisotopic (exact) mass is 364 g/mol. The standard InChI is InChI=1S/C19H22F2N2O3/c1-3-25-17-10-14(6-9-16(17)26-19(20)21)12-23-11-13-4-7-15(8-5-13)18(24)22-2/h4-10,19,23H,3,11-12H2,1-2H3,(H,22,24). The van der Waals surface area contributed by atoms with Gasteiger partial charge >= 0.3 is 6.61 Å². The summed E-state index contributed by atoms with van der Waals surface area (Å²) in [6.07, 6.45) is 0. The van der Waals surface area contributed by atoms with Crippen molar-refractivity contribution in [3.05, 3.63) is 59.2 Å². The third-order valence-corrected chi connectivity index (χ3v) is 3.63. The zero-order chi connectivity index (χ0) is 18.9. The van der Waals surface area contributed by atoms with Gasteiger partial charge in [-0.1, -0.05) is 18.2 Å². The zero-order valence-corrected chi connectivity index (χ0v) is 14.7. The van der Waals surface area contributed by atoms with Crippen LogP contribution in [-0.2, 0) is 13.1 Å². The van der Waals surface area contributed by atoms with Crippen molar-refractivity contribution in [2.24, 2.45) is 0 Å². The minimum Gasteiger partial charge on any atom is -0.490 e. The first-order valence-corrected chi connectivity index (χ1v) is 8.25. The molecule has 0 atom stereocenters. The number of benzene rings is 2. The van der Waals surface area contributed by atoms with Gasteiger partial charge < -0.3 is 20.1 Å². The Morgan fingerprint density at radius 1 is 1.04 bits per heavy atom. The second-order valence-corrected chi connectivity index (χ2v) is 5.47. The molecule has 0 aliphatic carbocycles. The molecule has 0 fully saturated rings. The Hall–Kier alpha value is -2.67. The number of hydrogen-bond donors (Lipinski definition) is 2. The van der Waals surface area contributed by atoms with E-state index in [4.69, 9.17) is 4.74 Å². The first-order valence-electron chi connectivity index (χ1n) is 8.25. The van der Waals surface area contributed by atoms with Crippen molar-refractivity contribution < 1.29 is 23.0 Å². The van der Waals surface area contributed by atoms with Gasteiger partial charge in [-0.05, 0) is 42.3 Å². The maximum absolute atomic E-state index is 12.4. The molecule has 0 saturated carbocycles. The Morgan fingerprint density at radius 2 is 1.69 bits per heavy atom. The molecular formula is C19H22F2N2O3. The van der Waals surface area contributed by atoms with Gasteiger partial charge in [-0.15, -0.1) is 0 Å². The Balaban J connectivity index is 1.94. The second-order valence-electron chi connectivity index (χ2n) is 5.47. The summed E-state index contributed by atoms with van der Waals surface area (Å²) in [5.74, 6) is 0.191. The number of ether oxygens (including phenoxy) is 2. The van der Waals surface area contributed by atoms with E-state index in [9.17, 15) is 13.6 Å². The fourth-order valence-corrected chi connectivity index (χ4v) is 2.39. The topological polar surface area (TPSA) is 59.6 Å². The van der Waals surface area contributed by atoms with Gasteiger partial charge in [0.2, 0.25) is 0 Å². The lowest BCUT2D eigenvalue weighted by Crippen LogP contribution is -2.18. The van der Waals surface area contributed by atoms with E-state index in [1.54, 1.807) is 38.2 Å². The molecular weight excluding hydrogens is 342 g/mol. The SMILES string of the molecule is CCOc1cc(CNCc2ccc(C(=O)NC)cc2)ccc1OC(F)F. The molecule has 7 heteroatoms. The first-order chi connectivity index (χ1) is 12.5. The van der Waals surface area contributed by atoms with E-state index in [1.807, 2.05) is 12.1 Å². The van der Waals surface area contributed by atoms with E-state index in [0.717, 1.165) is 11.1 Å². The van der Waals surface area contributed by atoms with Crippen molar-refractivity contribution in [3.63, 3.8) is 0 Å². The molecule has 0 heterocycles. The molecule has 2 aromatic carbocycles. The van der Waals surface area contributed by atoms with E-state index in [1.165, 1.54) is 6.07 Å². The molecule has 0 bridgehead atoms. The van der Waals surface area contributed by atoms with Crippen LogP contribution in [0.3, 0.4) is 0 Å². The normalized spacial score (nSPS) is 10.7. The summed E-state index contributed by atoms with van der Waals surface area (Å²) in [5, 5.41) is 5.84. The number of alkyl halides is 2. The predicted molar refractivity (Wildman–Crippen MR) is 94.6 cm³/mol. The summed E-state index contributed by atoms with van der Waals surface area (Å²) in [5.41, 5.74) is 2.52. The van der Waals surface area contributed by atoms with Crippen molar-refractivity contribution >= 4 is 5.91 Å². The summed E-state index contributed by atoms with van der Waals surface area (Å²) in [4.78, 5) is 11.5. The van der Waals surface area contributed by atoms with Gasteiger partial charge in [-0.2, -0.15) is 8.78 Å². The maximum atomic E-state index is 12.4. The predicted octanol–water partition coefficient (Wildman–Crippen LogP) is 3.34. The van der Waals surface area contributed by atoms with Crippen LogP contribution in [0.15, 0.2) is 42.5 Å². The van der Waals surface area contributed by atoms with Crippen molar-refractivity contribution in [2.45, 2.75) is 26.6 Å². The molecule has 2 aromatic rings. The molecule has 2 rings (SSSR count). The van der Waals surface area contributed by atoms with Gasteiger partial charge in [0.05, 0.1) is 6.61 Å². The summed E-state index contributed by atoms with van der Waals surface area (Å²) < 4.78 is 34.7. The molecule has 0 aliphatic rings. The molecule has 0 aromatic heterocycles. The lowest BCUT2D eigenvalue weighted by Gasteiger charge is -2.13. The van der Waals surface area contributed by atoms with Crippen molar-refractivity contribution in [3.8, 4) is 11.5 Å². The molecule has 2 N–H and O–H groups in total. The van der Waals surface area contributed by atoms with Gasteiger partial charge in [0.1, 0.15) is 0 Å². The van der Waals surface area contributed by atoms with Crippen molar-refractivity contribution in [2.75, 3.05) is 13.7 Å². The highest BCUT2D eigenvalue weighted by molar-refractivity contribution is 5.93. The molecule has 0 radical (unpaired) electrons. The molecule has 0 unspecified atom stereocenters. The Morgan fingerprint density at radius 3 is 2.31 bits per heavy atom. The molecule has 0 aliphatic heterocycles. The molecule has 5 nitrogen and oxygen atoms in total. The van der Waals surface area contributed by atoms with Crippen LogP contribution >= 0.6 is 0 Å². The van der Waals surface area contributed by atoms with Crippen LogP contribution in [-0.4, -0.2) is 26.2 Å². The Bertz CT molecular complexity index is 721. The van der Waals surface area contributed by atoms with E-state index in [2.05, 4.69) is 15.4 Å². The highest BCUT2D eigenvalue weighted by Gasteiger charge is 2.11. The Labute approximate surface area is 151 Å². The Kier molecular flexibility index (Phi) is 7.35. The number of amides is 1. The van der Waals surface area contributed by atoms with Gasteiger partial charge in [-0.3, -0.25) is 4.79 Å². The number of carbonyl (C=O) groups is 1. The first kappa shape index (κ1) is 19.7. The van der Waals surface area contributed by atoms with Crippen LogP contribution in [0.25, 0.3) is 0 Å². The number of halogens is 2. The molecule has 0 saturated heterocycles. The second kappa shape index (κ2) is 9.72. The van der Waals surface area contributed by atoms with Crippen LogP contribution in [0.1, 0.15) is 28.4 Å². The fraction of sp³-hybridized carbons (Fsp3) is 0.316. The lowest BCUT2D eigenvalue weighted by molar-refractivity contribution is -0.0514. The molecule has 0 spiro atoms. The number of hydrogen-bond acceptors (Lipinski definition) is 4. The number of carbonyl (C=O) groups excluding carboxylic acids is 1. The molecule has 26 heavy (non-hydrogen) atoms. The lowest BCUT2D eigenvalue weighted by atomic mass is 10.1. The molecule has 1 amide bonds. The zero-order valence-electron chi connectivity index (χ0n) is 14.7. The van der Waals surface area contributed by atoms with Gasteiger partial charge in [0.25, 0.3) is 5.91 Å². The molecule has 140 valence electrons. The average Bonchev–Trinajstić information content (AvgIpc) is 2.63. The minimum atomic E-state index is -2.89. The van der Waals surface area contributed by atoms with E-state index in [0.29, 0.717) is 31.0 Å². The van der Waals surface area contributed by atoms with Crippen LogP contribution in [0.4, 0.5) is 8.78 Å². The highest BCUT2D eigenvalue weighted by atomic mass is 19.3.